The number of carbonyl (C=O) groups is 5. The highest BCUT2D eigenvalue weighted by Gasteiger charge is 2.46. The van der Waals surface area contributed by atoms with Crippen LogP contribution >= 0.6 is 0 Å². The minimum Gasteiger partial charge on any atom is -0.448 e. The number of carbonyl (C=O) groups excluding carboxylic acids is 5. The summed E-state index contributed by atoms with van der Waals surface area (Å²) < 4.78 is 44.6. The number of amides is 4. The third-order valence-corrected chi connectivity index (χ3v) is 8.69. The highest BCUT2D eigenvalue weighted by Crippen LogP contribution is 2.31. The Morgan fingerprint density at radius 3 is 2.30 bits per heavy atom. The molecule has 0 spiro atoms. The topological polar surface area (TPSA) is 169 Å². The van der Waals surface area contributed by atoms with Gasteiger partial charge in [0.2, 0.25) is 17.6 Å². The van der Waals surface area contributed by atoms with Crippen molar-refractivity contribution in [1.82, 2.24) is 31.1 Å². The number of halogens is 3. The van der Waals surface area contributed by atoms with Gasteiger partial charge in [0.1, 0.15) is 12.6 Å². The quantitative estimate of drug-likeness (QED) is 0.0814. The molecule has 2 rings (SSSR count). The lowest BCUT2D eigenvalue weighted by Gasteiger charge is -2.38. The van der Waals surface area contributed by atoms with Crippen molar-refractivity contribution >= 4 is 29.6 Å². The Labute approximate surface area is 292 Å². The summed E-state index contributed by atoms with van der Waals surface area (Å²) in [5.41, 5.74) is 0.212. The molecule has 50 heavy (non-hydrogen) atoms. The average Bonchev–Trinajstić information content (AvgIpc) is 3.63. The van der Waals surface area contributed by atoms with E-state index in [0.717, 1.165) is 5.57 Å². The predicted octanol–water partition coefficient (Wildman–Crippen LogP) is 2.61. The van der Waals surface area contributed by atoms with Crippen LogP contribution < -0.4 is 21.3 Å². The number of cyclic esters (lactones) is 1. The van der Waals surface area contributed by atoms with Crippen LogP contribution in [0.5, 0.6) is 0 Å². The first kappa shape index (κ1) is 42.7. The summed E-state index contributed by atoms with van der Waals surface area (Å²) >= 11 is 0. The number of hydrogen-bond donors (Lipinski definition) is 5. The summed E-state index contributed by atoms with van der Waals surface area (Å²) in [4.78, 5) is 68.3. The second-order valence-electron chi connectivity index (χ2n) is 14.6. The van der Waals surface area contributed by atoms with E-state index in [2.05, 4.69) is 27.8 Å². The van der Waals surface area contributed by atoms with Crippen molar-refractivity contribution in [2.24, 2.45) is 17.3 Å². The first-order chi connectivity index (χ1) is 23.1. The first-order valence-corrected chi connectivity index (χ1v) is 17.0. The molecule has 2 fully saturated rings. The molecule has 6 atom stereocenters. The number of nitrogens with zero attached hydrogens (tertiary/aromatic N) is 2. The van der Waals surface area contributed by atoms with Crippen LogP contribution in [0, 0.1) is 17.3 Å². The van der Waals surface area contributed by atoms with Gasteiger partial charge in [0.15, 0.2) is 6.35 Å². The van der Waals surface area contributed by atoms with E-state index in [1.165, 1.54) is 15.9 Å². The Bertz CT molecular complexity index is 1250. The van der Waals surface area contributed by atoms with Crippen LogP contribution in [0.3, 0.4) is 0 Å². The molecule has 4 amide bonds. The van der Waals surface area contributed by atoms with Gasteiger partial charge in [-0.05, 0) is 50.4 Å². The van der Waals surface area contributed by atoms with E-state index in [1.807, 2.05) is 33.8 Å². The van der Waals surface area contributed by atoms with Crippen LogP contribution in [-0.2, 0) is 23.9 Å². The van der Waals surface area contributed by atoms with Crippen molar-refractivity contribution in [2.45, 2.75) is 111 Å². The van der Waals surface area contributed by atoms with E-state index >= 15 is 0 Å². The van der Waals surface area contributed by atoms with Crippen LogP contribution in [0.4, 0.5) is 18.0 Å². The Kier molecular flexibility index (Phi) is 15.9. The van der Waals surface area contributed by atoms with Crippen molar-refractivity contribution in [1.29, 1.82) is 0 Å². The zero-order chi connectivity index (χ0) is 38.0. The number of Topliss-reactive ketones (excluding diaryl/α,β-unsaturated/α-hetero) is 1. The number of hydrogen-bond acceptors (Lipinski definition) is 9. The predicted molar refractivity (Wildman–Crippen MR) is 180 cm³/mol. The minimum atomic E-state index is -4.65. The zero-order valence-corrected chi connectivity index (χ0v) is 30.2. The van der Waals surface area contributed by atoms with Crippen LogP contribution in [0.25, 0.3) is 0 Å². The molecule has 16 heteroatoms. The molecule has 0 saturated carbocycles. The molecule has 5 N–H and O–H groups in total. The number of aliphatic hydroxyl groups is 1. The van der Waals surface area contributed by atoms with Crippen molar-refractivity contribution in [3.8, 4) is 0 Å². The van der Waals surface area contributed by atoms with Gasteiger partial charge < -0.3 is 30.3 Å². The summed E-state index contributed by atoms with van der Waals surface area (Å²) in [5.74, 6) is -4.04. The third kappa shape index (κ3) is 13.3. The van der Waals surface area contributed by atoms with Crippen molar-refractivity contribution < 1.29 is 47.0 Å². The lowest BCUT2D eigenvalue weighted by Crippen LogP contribution is -2.63. The van der Waals surface area contributed by atoms with Gasteiger partial charge in [-0.3, -0.25) is 29.8 Å². The molecule has 2 aliphatic heterocycles. The summed E-state index contributed by atoms with van der Waals surface area (Å²) in [6.07, 6.45) is -4.89. The molecular formula is C34H55F3N6O7. The Morgan fingerprint density at radius 1 is 1.12 bits per heavy atom. The Morgan fingerprint density at radius 2 is 1.78 bits per heavy atom. The van der Waals surface area contributed by atoms with E-state index in [0.29, 0.717) is 13.0 Å². The summed E-state index contributed by atoms with van der Waals surface area (Å²) in [7, 11) is 0. The Hall–Kier alpha value is -3.50. The molecule has 2 heterocycles. The second kappa shape index (κ2) is 18.7. The minimum absolute atomic E-state index is 0.0296. The summed E-state index contributed by atoms with van der Waals surface area (Å²) in [5, 5.41) is 21.7. The smallest absolute Gasteiger partial charge is 0.409 e. The molecule has 3 unspecified atom stereocenters. The number of ketones is 1. The fourth-order valence-electron chi connectivity index (χ4n) is 5.79. The van der Waals surface area contributed by atoms with Crippen molar-refractivity contribution in [3.63, 3.8) is 0 Å². The van der Waals surface area contributed by atoms with Crippen LogP contribution in [-0.4, -0.2) is 114 Å². The largest absolute Gasteiger partial charge is 0.448 e. The molecular weight excluding hydrogens is 661 g/mol. The SMILES string of the molecule is C=CCNC(=O)C(=O)C(CCC(F)(F)F)NC(=O)[C@@H]1CC(CC=C(C)C)CN1C(=O)[C@@H](NC(O)N[C@H](CN1CCOC1=O)C(C)C)C(C)(C)C. The van der Waals surface area contributed by atoms with Gasteiger partial charge in [-0.2, -0.15) is 13.2 Å². The van der Waals surface area contributed by atoms with E-state index in [1.54, 1.807) is 20.8 Å². The fraction of sp³-hybridized carbons (Fsp3) is 0.735. The van der Waals surface area contributed by atoms with Gasteiger partial charge in [-0.15, -0.1) is 6.58 Å². The maximum Gasteiger partial charge on any atom is 0.409 e. The number of likely N-dealkylation sites (tertiary alicyclic amines) is 1. The summed E-state index contributed by atoms with van der Waals surface area (Å²) in [6.45, 7) is 17.3. The molecule has 0 aromatic rings. The molecule has 284 valence electrons. The summed E-state index contributed by atoms with van der Waals surface area (Å²) in [6, 6.07) is -4.39. The molecule has 0 aliphatic carbocycles. The number of aliphatic hydroxyl groups excluding tert-OH is 1. The lowest BCUT2D eigenvalue weighted by atomic mass is 9.85. The normalized spacial score (nSPS) is 20.5. The molecule has 2 saturated heterocycles. The number of ether oxygens (including phenoxy) is 1. The van der Waals surface area contributed by atoms with Gasteiger partial charge in [0.05, 0.1) is 18.6 Å². The van der Waals surface area contributed by atoms with Crippen LogP contribution in [0.15, 0.2) is 24.3 Å². The first-order valence-electron chi connectivity index (χ1n) is 17.0. The van der Waals surface area contributed by atoms with E-state index in [4.69, 9.17) is 4.74 Å². The zero-order valence-electron chi connectivity index (χ0n) is 30.2. The van der Waals surface area contributed by atoms with E-state index in [-0.39, 0.29) is 50.5 Å². The van der Waals surface area contributed by atoms with Gasteiger partial charge in [-0.1, -0.05) is 52.3 Å². The van der Waals surface area contributed by atoms with E-state index in [9.17, 15) is 42.3 Å². The molecule has 2 aliphatic rings. The second-order valence-corrected chi connectivity index (χ2v) is 14.6. The van der Waals surface area contributed by atoms with Gasteiger partial charge in [0.25, 0.3) is 5.91 Å². The van der Waals surface area contributed by atoms with Crippen LogP contribution in [0.2, 0.25) is 0 Å². The average molecular weight is 717 g/mol. The molecule has 0 aromatic heterocycles. The highest BCUT2D eigenvalue weighted by atomic mass is 19.4. The van der Waals surface area contributed by atoms with E-state index < -0.39 is 78.5 Å². The van der Waals surface area contributed by atoms with Gasteiger partial charge in [-0.25, -0.2) is 4.79 Å². The lowest BCUT2D eigenvalue weighted by molar-refractivity contribution is -0.147. The molecule has 0 aromatic carbocycles. The van der Waals surface area contributed by atoms with Crippen molar-refractivity contribution in [3.05, 3.63) is 24.3 Å². The Balaban J connectivity index is 2.36. The maximum atomic E-state index is 14.3. The number of allylic oxidation sites excluding steroid dienone is 2. The monoisotopic (exact) mass is 716 g/mol. The van der Waals surface area contributed by atoms with Crippen LogP contribution in [0.1, 0.15) is 74.1 Å². The number of rotatable bonds is 18. The van der Waals surface area contributed by atoms with Gasteiger partial charge >= 0.3 is 12.3 Å². The highest BCUT2D eigenvalue weighted by molar-refractivity contribution is 6.38. The fourth-order valence-corrected chi connectivity index (χ4v) is 5.79. The molecule has 0 radical (unpaired) electrons. The number of alkyl halides is 3. The standard InChI is InChI=1S/C34H55F3N6O7/c1-9-14-38-29(46)26(44)23(12-13-34(35,36)37)39-28(45)25-17-22(11-10-20(2)3)18-43(25)30(47)27(33(6,7)8)41-31(48)40-24(21(4)5)19-42-15-16-50-32(42)49/h9-10,21-25,27,31,40-41,48H,1,11-19H2,2-8H3,(H,38,46)(H,39,45)/t22?,23?,24-,25+,27-,31?/m1/s1. The number of nitrogens with one attached hydrogen (secondary N) is 4. The maximum absolute atomic E-state index is 14.3. The third-order valence-electron chi connectivity index (χ3n) is 8.69. The van der Waals surface area contributed by atoms with Gasteiger partial charge in [0, 0.05) is 32.1 Å². The molecule has 13 nitrogen and oxygen atoms in total. The van der Waals surface area contributed by atoms with Crippen molar-refractivity contribution in [2.75, 3.05) is 32.8 Å². The molecule has 0 bridgehead atoms.